The van der Waals surface area contributed by atoms with Crippen LogP contribution in [0.1, 0.15) is 18.1 Å². The summed E-state index contributed by atoms with van der Waals surface area (Å²) in [6.07, 6.45) is -0.915. The Morgan fingerprint density at radius 3 is 2.44 bits per heavy atom. The van der Waals surface area contributed by atoms with E-state index in [1.165, 1.54) is 18.2 Å². The van der Waals surface area contributed by atoms with Crippen LogP contribution >= 0.6 is 11.8 Å². The number of carbonyl (C=O) groups is 1. The van der Waals surface area contributed by atoms with E-state index in [1.807, 2.05) is 43.3 Å². The van der Waals surface area contributed by atoms with Gasteiger partial charge in [0.25, 0.3) is 5.91 Å². The summed E-state index contributed by atoms with van der Waals surface area (Å²) in [7, 11) is 0. The number of rotatable bonds is 3. The number of amidine groups is 1. The molecule has 2 aromatic rings. The number of carbonyl (C=O) groups excluding carboxylic acids is 1. The molecule has 27 heavy (non-hydrogen) atoms. The first-order valence-electron chi connectivity index (χ1n) is 8.02. The van der Waals surface area contributed by atoms with Crippen LogP contribution in [0, 0.1) is 0 Å². The molecule has 1 amide bonds. The molecule has 0 aromatic heterocycles. The van der Waals surface area contributed by atoms with Crippen LogP contribution in [0.2, 0.25) is 0 Å². The minimum Gasteiger partial charge on any atom is -0.300 e. The number of benzene rings is 2. The SMILES string of the molecule is CC(/C=C1\SC(=Nc2ccccc2C(F)(F)F)NC1=O)=C\c1ccccc1. The van der Waals surface area contributed by atoms with Crippen molar-refractivity contribution in [3.8, 4) is 0 Å². The number of para-hydroxylation sites is 1. The molecule has 3 nitrogen and oxygen atoms in total. The first kappa shape index (κ1) is 19.0. The Kier molecular flexibility index (Phi) is 5.51. The van der Waals surface area contributed by atoms with Crippen molar-refractivity contribution < 1.29 is 18.0 Å². The highest BCUT2D eigenvalue weighted by Gasteiger charge is 2.34. The number of hydrogen-bond acceptors (Lipinski definition) is 3. The quantitative estimate of drug-likeness (QED) is 0.701. The fraction of sp³-hybridized carbons (Fsp3) is 0.100. The molecular formula is C20H15F3N2OS. The molecule has 0 bridgehead atoms. The standard InChI is InChI=1S/C20H15F3N2OS/c1-13(11-14-7-3-2-4-8-14)12-17-18(26)25-19(27-17)24-16-10-6-5-9-15(16)20(21,22)23/h2-12H,1H3,(H,24,25,26)/b13-11+,17-12-. The second kappa shape index (κ2) is 7.84. The molecule has 3 rings (SSSR count). The van der Waals surface area contributed by atoms with Gasteiger partial charge in [-0.05, 0) is 48.0 Å². The van der Waals surface area contributed by atoms with Gasteiger partial charge in [0.15, 0.2) is 5.17 Å². The van der Waals surface area contributed by atoms with Gasteiger partial charge in [-0.3, -0.25) is 4.79 Å². The number of aliphatic imine (C=N–C) groups is 1. The molecule has 0 unspecified atom stereocenters. The van der Waals surface area contributed by atoms with Crippen molar-refractivity contribution in [1.82, 2.24) is 5.32 Å². The van der Waals surface area contributed by atoms with E-state index in [1.54, 1.807) is 6.08 Å². The normalized spacial score (nSPS) is 18.2. The van der Waals surface area contributed by atoms with Gasteiger partial charge in [-0.2, -0.15) is 13.2 Å². The fourth-order valence-corrected chi connectivity index (χ4v) is 3.35. The molecule has 1 saturated heterocycles. The molecule has 1 N–H and O–H groups in total. The van der Waals surface area contributed by atoms with Crippen LogP contribution in [0.4, 0.5) is 18.9 Å². The Morgan fingerprint density at radius 2 is 1.74 bits per heavy atom. The van der Waals surface area contributed by atoms with Crippen molar-refractivity contribution in [3.63, 3.8) is 0 Å². The maximum absolute atomic E-state index is 13.1. The van der Waals surface area contributed by atoms with Crippen LogP contribution in [0.15, 0.2) is 76.1 Å². The second-order valence-corrected chi connectivity index (χ2v) is 6.83. The number of nitrogens with one attached hydrogen (secondary N) is 1. The Labute approximate surface area is 158 Å². The van der Waals surface area contributed by atoms with Crippen molar-refractivity contribution in [2.75, 3.05) is 0 Å². The first-order chi connectivity index (χ1) is 12.8. The van der Waals surface area contributed by atoms with Crippen molar-refractivity contribution in [1.29, 1.82) is 0 Å². The summed E-state index contributed by atoms with van der Waals surface area (Å²) < 4.78 is 39.2. The Hall–Kier alpha value is -2.80. The van der Waals surface area contributed by atoms with E-state index in [0.29, 0.717) is 4.91 Å². The summed E-state index contributed by atoms with van der Waals surface area (Å²) in [4.78, 5) is 16.5. The summed E-state index contributed by atoms with van der Waals surface area (Å²) in [5, 5.41) is 2.63. The molecule has 1 heterocycles. The van der Waals surface area contributed by atoms with Crippen LogP contribution in [-0.2, 0) is 11.0 Å². The highest BCUT2D eigenvalue weighted by molar-refractivity contribution is 8.18. The number of alkyl halides is 3. The van der Waals surface area contributed by atoms with Gasteiger partial charge in [0, 0.05) is 0 Å². The highest BCUT2D eigenvalue weighted by atomic mass is 32.2. The highest BCUT2D eigenvalue weighted by Crippen LogP contribution is 2.37. The van der Waals surface area contributed by atoms with E-state index in [4.69, 9.17) is 0 Å². The zero-order chi connectivity index (χ0) is 19.4. The predicted octanol–water partition coefficient (Wildman–Crippen LogP) is 5.54. The molecule has 1 aliphatic heterocycles. The lowest BCUT2D eigenvalue weighted by Crippen LogP contribution is -2.19. The number of halogens is 3. The second-order valence-electron chi connectivity index (χ2n) is 5.80. The van der Waals surface area contributed by atoms with Gasteiger partial charge < -0.3 is 5.32 Å². The van der Waals surface area contributed by atoms with Crippen LogP contribution in [0.5, 0.6) is 0 Å². The largest absolute Gasteiger partial charge is 0.418 e. The molecule has 7 heteroatoms. The van der Waals surface area contributed by atoms with Gasteiger partial charge in [0.05, 0.1) is 16.2 Å². The minimum atomic E-state index is -4.51. The Morgan fingerprint density at radius 1 is 1.07 bits per heavy atom. The molecule has 2 aromatic carbocycles. The number of thioether (sulfide) groups is 1. The maximum atomic E-state index is 13.1. The van der Waals surface area contributed by atoms with Gasteiger partial charge in [-0.1, -0.05) is 48.5 Å². The third-order valence-corrected chi connectivity index (χ3v) is 4.54. The number of hydrogen-bond donors (Lipinski definition) is 1. The minimum absolute atomic E-state index is 0.121. The van der Waals surface area contributed by atoms with E-state index in [2.05, 4.69) is 10.3 Å². The smallest absolute Gasteiger partial charge is 0.300 e. The van der Waals surface area contributed by atoms with Gasteiger partial charge in [0.1, 0.15) is 0 Å². The van der Waals surface area contributed by atoms with Crippen LogP contribution in [0.3, 0.4) is 0 Å². The van der Waals surface area contributed by atoms with Crippen LogP contribution < -0.4 is 5.32 Å². The number of allylic oxidation sites excluding steroid dienone is 2. The van der Waals surface area contributed by atoms with Crippen molar-refractivity contribution in [3.05, 3.63) is 82.3 Å². The fourth-order valence-electron chi connectivity index (χ4n) is 2.46. The van der Waals surface area contributed by atoms with E-state index >= 15 is 0 Å². The van der Waals surface area contributed by atoms with Gasteiger partial charge >= 0.3 is 6.18 Å². The van der Waals surface area contributed by atoms with Crippen LogP contribution in [0.25, 0.3) is 6.08 Å². The molecule has 1 aliphatic rings. The average molecular weight is 388 g/mol. The third kappa shape index (κ3) is 4.89. The number of amides is 1. The topological polar surface area (TPSA) is 41.5 Å². The van der Waals surface area contributed by atoms with Gasteiger partial charge in [-0.15, -0.1) is 0 Å². The Bertz CT molecular complexity index is 947. The van der Waals surface area contributed by atoms with E-state index in [0.717, 1.165) is 29.0 Å². The lowest BCUT2D eigenvalue weighted by atomic mass is 10.1. The lowest BCUT2D eigenvalue weighted by molar-refractivity contribution is -0.137. The molecule has 0 spiro atoms. The van der Waals surface area contributed by atoms with E-state index in [9.17, 15) is 18.0 Å². The van der Waals surface area contributed by atoms with E-state index < -0.39 is 11.7 Å². The number of nitrogens with zero attached hydrogens (tertiary/aromatic N) is 1. The predicted molar refractivity (Wildman–Crippen MR) is 102 cm³/mol. The molecule has 1 fully saturated rings. The van der Waals surface area contributed by atoms with Gasteiger partial charge in [-0.25, -0.2) is 4.99 Å². The lowest BCUT2D eigenvalue weighted by Gasteiger charge is -2.09. The Balaban J connectivity index is 1.84. The van der Waals surface area contributed by atoms with Gasteiger partial charge in [0.2, 0.25) is 0 Å². The molecule has 138 valence electrons. The van der Waals surface area contributed by atoms with E-state index in [-0.39, 0.29) is 16.8 Å². The molecular weight excluding hydrogens is 373 g/mol. The molecule has 0 saturated carbocycles. The molecule has 0 atom stereocenters. The van der Waals surface area contributed by atoms with Crippen molar-refractivity contribution >= 4 is 34.6 Å². The first-order valence-corrected chi connectivity index (χ1v) is 8.84. The summed E-state index contributed by atoms with van der Waals surface area (Å²) in [6, 6.07) is 14.6. The zero-order valence-electron chi connectivity index (χ0n) is 14.2. The summed E-state index contributed by atoms with van der Waals surface area (Å²) in [6.45, 7) is 1.85. The van der Waals surface area contributed by atoms with Crippen molar-refractivity contribution in [2.24, 2.45) is 4.99 Å². The monoisotopic (exact) mass is 388 g/mol. The molecule has 0 radical (unpaired) electrons. The molecule has 0 aliphatic carbocycles. The maximum Gasteiger partial charge on any atom is 0.418 e. The third-order valence-electron chi connectivity index (χ3n) is 3.64. The zero-order valence-corrected chi connectivity index (χ0v) is 15.1. The summed E-state index contributed by atoms with van der Waals surface area (Å²) in [5.41, 5.74) is 0.759. The average Bonchev–Trinajstić information content (AvgIpc) is 2.94. The van der Waals surface area contributed by atoms with Crippen molar-refractivity contribution in [2.45, 2.75) is 13.1 Å². The summed E-state index contributed by atoms with van der Waals surface area (Å²) in [5.74, 6) is -0.385. The summed E-state index contributed by atoms with van der Waals surface area (Å²) >= 11 is 1.01. The van der Waals surface area contributed by atoms with Crippen LogP contribution in [-0.4, -0.2) is 11.1 Å².